The molecule has 0 aliphatic heterocycles. The number of hydrogen-bond acceptors (Lipinski definition) is 4. The van der Waals surface area contributed by atoms with Crippen LogP contribution < -0.4 is 14.8 Å². The largest absolute Gasteiger partial charge is 0.504 e. The highest BCUT2D eigenvalue weighted by Gasteiger charge is 2.10. The molecule has 0 spiro atoms. The van der Waals surface area contributed by atoms with Crippen LogP contribution in [0.3, 0.4) is 0 Å². The van der Waals surface area contributed by atoms with Gasteiger partial charge in [0.1, 0.15) is 0 Å². The van der Waals surface area contributed by atoms with E-state index in [4.69, 9.17) is 21.1 Å². The number of ether oxygens (including phenoxy) is 2. The van der Waals surface area contributed by atoms with Crippen molar-refractivity contribution in [2.45, 2.75) is 6.54 Å². The molecule has 0 fully saturated rings. The number of hydrogen-bond donors (Lipinski definition) is 2. The number of aromatic hydroxyl groups is 1. The molecule has 0 aromatic heterocycles. The van der Waals surface area contributed by atoms with Gasteiger partial charge in [0.2, 0.25) is 0 Å². The SMILES string of the molecule is COc1ccc(NCc2cc(Cl)cc(OC)c2O)cc1F. The Labute approximate surface area is 127 Å². The smallest absolute Gasteiger partial charge is 0.167 e. The van der Waals surface area contributed by atoms with E-state index in [2.05, 4.69) is 5.32 Å². The van der Waals surface area contributed by atoms with Gasteiger partial charge in [-0.2, -0.15) is 0 Å². The molecule has 21 heavy (non-hydrogen) atoms. The van der Waals surface area contributed by atoms with Gasteiger partial charge >= 0.3 is 0 Å². The van der Waals surface area contributed by atoms with Crippen molar-refractivity contribution in [3.63, 3.8) is 0 Å². The Kier molecular flexibility index (Phi) is 4.75. The van der Waals surface area contributed by atoms with Crippen molar-refractivity contribution in [3.8, 4) is 17.2 Å². The molecule has 0 radical (unpaired) electrons. The maximum atomic E-state index is 13.6. The Hall–Kier alpha value is -2.14. The van der Waals surface area contributed by atoms with Crippen molar-refractivity contribution >= 4 is 17.3 Å². The third kappa shape index (κ3) is 3.49. The van der Waals surface area contributed by atoms with Crippen LogP contribution >= 0.6 is 11.6 Å². The lowest BCUT2D eigenvalue weighted by Crippen LogP contribution is -2.01. The Bertz CT molecular complexity index is 649. The molecule has 0 saturated carbocycles. The second-order valence-electron chi connectivity index (χ2n) is 4.32. The Morgan fingerprint density at radius 1 is 1.14 bits per heavy atom. The molecular weight excluding hydrogens is 297 g/mol. The minimum atomic E-state index is -0.463. The zero-order valence-corrected chi connectivity index (χ0v) is 12.4. The lowest BCUT2D eigenvalue weighted by Gasteiger charge is -2.12. The molecule has 2 rings (SSSR count). The molecule has 112 valence electrons. The lowest BCUT2D eigenvalue weighted by molar-refractivity contribution is 0.371. The van der Waals surface area contributed by atoms with Crippen LogP contribution in [0.15, 0.2) is 30.3 Å². The summed E-state index contributed by atoms with van der Waals surface area (Å²) in [6.07, 6.45) is 0. The van der Waals surface area contributed by atoms with Crippen LogP contribution in [0.2, 0.25) is 5.02 Å². The summed E-state index contributed by atoms with van der Waals surface area (Å²) in [6, 6.07) is 7.66. The maximum Gasteiger partial charge on any atom is 0.167 e. The van der Waals surface area contributed by atoms with Crippen molar-refractivity contribution in [1.82, 2.24) is 0 Å². The van der Waals surface area contributed by atoms with Gasteiger partial charge in [0.25, 0.3) is 0 Å². The third-order valence-corrected chi connectivity index (χ3v) is 3.19. The second kappa shape index (κ2) is 6.54. The molecule has 0 aliphatic rings. The fourth-order valence-electron chi connectivity index (χ4n) is 1.89. The molecular formula is C15H15ClFNO3. The molecule has 0 amide bonds. The number of anilines is 1. The fraction of sp³-hybridized carbons (Fsp3) is 0.200. The van der Waals surface area contributed by atoms with Crippen LogP contribution in [0.25, 0.3) is 0 Å². The first kappa shape index (κ1) is 15.3. The molecule has 0 unspecified atom stereocenters. The number of benzene rings is 2. The first-order chi connectivity index (χ1) is 10.0. The van der Waals surface area contributed by atoms with Gasteiger partial charge < -0.3 is 19.9 Å². The summed E-state index contributed by atoms with van der Waals surface area (Å²) >= 11 is 5.95. The zero-order valence-electron chi connectivity index (χ0n) is 11.6. The highest BCUT2D eigenvalue weighted by molar-refractivity contribution is 6.30. The molecule has 0 saturated heterocycles. The van der Waals surface area contributed by atoms with Crippen LogP contribution in [-0.2, 0) is 6.54 Å². The summed E-state index contributed by atoms with van der Waals surface area (Å²) in [4.78, 5) is 0. The van der Waals surface area contributed by atoms with Crippen LogP contribution in [0.1, 0.15) is 5.56 Å². The van der Waals surface area contributed by atoms with Gasteiger partial charge in [-0.25, -0.2) is 4.39 Å². The minimum absolute atomic E-state index is 0.00313. The monoisotopic (exact) mass is 311 g/mol. The van der Waals surface area contributed by atoms with Crippen molar-refractivity contribution in [3.05, 3.63) is 46.7 Å². The first-order valence-electron chi connectivity index (χ1n) is 6.18. The second-order valence-corrected chi connectivity index (χ2v) is 4.76. The van der Waals surface area contributed by atoms with E-state index < -0.39 is 5.82 Å². The minimum Gasteiger partial charge on any atom is -0.504 e. The molecule has 2 aromatic rings. The molecule has 0 heterocycles. The standard InChI is InChI=1S/C15H15ClFNO3/c1-20-13-4-3-11(7-12(13)17)18-8-9-5-10(16)6-14(21-2)15(9)19/h3-7,18-19H,8H2,1-2H3. The van der Waals surface area contributed by atoms with Crippen LogP contribution in [0.5, 0.6) is 17.2 Å². The summed E-state index contributed by atoms with van der Waals surface area (Å²) in [6.45, 7) is 0.272. The van der Waals surface area contributed by atoms with E-state index in [1.807, 2.05) is 0 Å². The fourth-order valence-corrected chi connectivity index (χ4v) is 2.12. The van der Waals surface area contributed by atoms with Crippen LogP contribution in [0.4, 0.5) is 10.1 Å². The molecule has 6 heteroatoms. The molecule has 0 atom stereocenters. The summed E-state index contributed by atoms with van der Waals surface area (Å²) < 4.78 is 23.5. The van der Waals surface area contributed by atoms with E-state index in [9.17, 15) is 9.50 Å². The maximum absolute atomic E-state index is 13.6. The van der Waals surface area contributed by atoms with Crippen LogP contribution in [-0.4, -0.2) is 19.3 Å². The number of nitrogens with one attached hydrogen (secondary N) is 1. The lowest BCUT2D eigenvalue weighted by atomic mass is 10.1. The van der Waals surface area contributed by atoms with Crippen molar-refractivity contribution < 1.29 is 19.0 Å². The number of methoxy groups -OCH3 is 2. The highest BCUT2D eigenvalue weighted by atomic mass is 35.5. The summed E-state index contributed by atoms with van der Waals surface area (Å²) in [5.74, 6) is 0.00631. The van der Waals surface area contributed by atoms with E-state index in [0.717, 1.165) is 0 Å². The van der Waals surface area contributed by atoms with E-state index in [1.54, 1.807) is 12.1 Å². The summed E-state index contributed by atoms with van der Waals surface area (Å²) in [5, 5.41) is 13.5. The molecule has 4 nitrogen and oxygen atoms in total. The quantitative estimate of drug-likeness (QED) is 0.881. The predicted molar refractivity (Wildman–Crippen MR) is 79.9 cm³/mol. The van der Waals surface area contributed by atoms with Crippen molar-refractivity contribution in [2.75, 3.05) is 19.5 Å². The number of halogens is 2. The first-order valence-corrected chi connectivity index (χ1v) is 6.55. The zero-order chi connectivity index (χ0) is 15.4. The number of phenolic OH excluding ortho intramolecular Hbond substituents is 1. The number of phenols is 1. The Balaban J connectivity index is 2.16. The average molecular weight is 312 g/mol. The van der Waals surface area contributed by atoms with Crippen molar-refractivity contribution in [1.29, 1.82) is 0 Å². The molecule has 0 bridgehead atoms. The van der Waals surface area contributed by atoms with E-state index in [1.165, 1.54) is 32.4 Å². The average Bonchev–Trinajstić information content (AvgIpc) is 2.47. The van der Waals surface area contributed by atoms with Gasteiger partial charge in [-0.05, 0) is 18.2 Å². The molecule has 0 aliphatic carbocycles. The van der Waals surface area contributed by atoms with Gasteiger partial charge in [0.05, 0.1) is 14.2 Å². The van der Waals surface area contributed by atoms with Crippen LogP contribution in [0, 0.1) is 5.82 Å². The Morgan fingerprint density at radius 2 is 1.86 bits per heavy atom. The molecule has 2 N–H and O–H groups in total. The van der Waals surface area contributed by atoms with Crippen molar-refractivity contribution in [2.24, 2.45) is 0 Å². The summed E-state index contributed by atoms with van der Waals surface area (Å²) in [7, 11) is 2.85. The van der Waals surface area contributed by atoms with Gasteiger partial charge in [-0.1, -0.05) is 11.6 Å². The summed E-state index contributed by atoms with van der Waals surface area (Å²) in [5.41, 5.74) is 1.11. The van der Waals surface area contributed by atoms with Gasteiger partial charge in [-0.3, -0.25) is 0 Å². The predicted octanol–water partition coefficient (Wildman–Crippen LogP) is 3.81. The van der Waals surface area contributed by atoms with E-state index in [0.29, 0.717) is 22.0 Å². The third-order valence-electron chi connectivity index (χ3n) is 2.97. The van der Waals surface area contributed by atoms with Gasteiger partial charge in [0.15, 0.2) is 23.1 Å². The van der Waals surface area contributed by atoms with Gasteiger partial charge in [-0.15, -0.1) is 0 Å². The highest BCUT2D eigenvalue weighted by Crippen LogP contribution is 2.34. The number of rotatable bonds is 5. The normalized spacial score (nSPS) is 10.3. The Morgan fingerprint density at radius 3 is 2.48 bits per heavy atom. The topological polar surface area (TPSA) is 50.7 Å². The van der Waals surface area contributed by atoms with Gasteiger partial charge in [0, 0.05) is 35.0 Å². The van der Waals surface area contributed by atoms with E-state index in [-0.39, 0.29) is 18.0 Å². The van der Waals surface area contributed by atoms with E-state index >= 15 is 0 Å². The molecule has 2 aromatic carbocycles.